The molecule has 5 heteroatoms. The Hall–Kier alpha value is -1.62. The number of aromatic amines is 1. The van der Waals surface area contributed by atoms with Crippen LogP contribution in [-0.4, -0.2) is 26.3 Å². The van der Waals surface area contributed by atoms with Crippen molar-refractivity contribution in [2.45, 2.75) is 39.8 Å². The van der Waals surface area contributed by atoms with Gasteiger partial charge in [-0.3, -0.25) is 5.10 Å². The largest absolute Gasteiger partial charge is 0.335 e. The van der Waals surface area contributed by atoms with Crippen molar-refractivity contribution in [3.63, 3.8) is 0 Å². The summed E-state index contributed by atoms with van der Waals surface area (Å²) in [5.74, 6) is 1.94. The summed E-state index contributed by atoms with van der Waals surface area (Å²) in [5.41, 5.74) is 3.58. The number of fused-ring (bicyclic) bond motifs is 1. The minimum absolute atomic E-state index is 0.703. The van der Waals surface area contributed by atoms with Gasteiger partial charge in [-0.15, -0.1) is 0 Å². The SMILES string of the molecule is Cc1n[nH]c(C)c1CNC[C@H]1CCc2nccn2C1. The van der Waals surface area contributed by atoms with E-state index in [1.165, 1.54) is 23.5 Å². The monoisotopic (exact) mass is 259 g/mol. The van der Waals surface area contributed by atoms with Gasteiger partial charge in [-0.05, 0) is 32.7 Å². The fraction of sp³-hybridized carbons (Fsp3) is 0.571. The Kier molecular flexibility index (Phi) is 3.38. The second kappa shape index (κ2) is 5.17. The molecular weight excluding hydrogens is 238 g/mol. The predicted molar refractivity (Wildman–Crippen MR) is 73.8 cm³/mol. The van der Waals surface area contributed by atoms with E-state index >= 15 is 0 Å². The first-order valence-corrected chi connectivity index (χ1v) is 6.95. The van der Waals surface area contributed by atoms with Gasteiger partial charge in [-0.2, -0.15) is 5.10 Å². The number of nitrogens with one attached hydrogen (secondary N) is 2. The second-order valence-electron chi connectivity index (χ2n) is 5.44. The van der Waals surface area contributed by atoms with Gasteiger partial charge in [0.2, 0.25) is 0 Å². The predicted octanol–water partition coefficient (Wildman–Crippen LogP) is 1.58. The van der Waals surface area contributed by atoms with Crippen molar-refractivity contribution >= 4 is 0 Å². The van der Waals surface area contributed by atoms with Crippen molar-refractivity contribution in [2.24, 2.45) is 5.92 Å². The Morgan fingerprint density at radius 1 is 1.47 bits per heavy atom. The van der Waals surface area contributed by atoms with E-state index in [0.29, 0.717) is 5.92 Å². The Bertz CT molecular complexity index is 534. The molecule has 2 N–H and O–H groups in total. The highest BCUT2D eigenvalue weighted by Crippen LogP contribution is 2.18. The van der Waals surface area contributed by atoms with Crippen molar-refractivity contribution in [1.29, 1.82) is 0 Å². The zero-order valence-corrected chi connectivity index (χ0v) is 11.6. The van der Waals surface area contributed by atoms with Gasteiger partial charge in [0, 0.05) is 43.2 Å². The Balaban J connectivity index is 1.51. The van der Waals surface area contributed by atoms with Gasteiger partial charge in [0.1, 0.15) is 5.82 Å². The van der Waals surface area contributed by atoms with E-state index in [-0.39, 0.29) is 0 Å². The molecule has 102 valence electrons. The van der Waals surface area contributed by atoms with Crippen LogP contribution in [0.15, 0.2) is 12.4 Å². The third kappa shape index (κ3) is 2.56. The molecule has 19 heavy (non-hydrogen) atoms. The quantitative estimate of drug-likeness (QED) is 0.876. The number of hydrogen-bond donors (Lipinski definition) is 2. The molecule has 0 amide bonds. The van der Waals surface area contributed by atoms with Crippen molar-refractivity contribution in [1.82, 2.24) is 25.1 Å². The molecule has 0 aliphatic carbocycles. The van der Waals surface area contributed by atoms with Crippen LogP contribution in [0.25, 0.3) is 0 Å². The molecule has 5 nitrogen and oxygen atoms in total. The number of aromatic nitrogens is 4. The fourth-order valence-electron chi connectivity index (χ4n) is 2.84. The summed E-state index contributed by atoms with van der Waals surface area (Å²) in [4.78, 5) is 4.37. The molecule has 0 spiro atoms. The fourth-order valence-corrected chi connectivity index (χ4v) is 2.84. The first-order chi connectivity index (χ1) is 9.24. The molecule has 1 atom stereocenters. The molecule has 0 unspecified atom stereocenters. The Morgan fingerprint density at radius 3 is 3.16 bits per heavy atom. The Labute approximate surface area is 113 Å². The Morgan fingerprint density at radius 2 is 2.37 bits per heavy atom. The molecule has 0 bridgehead atoms. The lowest BCUT2D eigenvalue weighted by Gasteiger charge is -2.24. The molecule has 3 heterocycles. The molecule has 1 aliphatic rings. The smallest absolute Gasteiger partial charge is 0.108 e. The normalized spacial score (nSPS) is 18.5. The molecular formula is C14H21N5. The maximum absolute atomic E-state index is 4.37. The molecule has 3 rings (SSSR count). The van der Waals surface area contributed by atoms with Crippen LogP contribution in [0.5, 0.6) is 0 Å². The summed E-state index contributed by atoms with van der Waals surface area (Å²) in [6, 6.07) is 0. The molecule has 2 aromatic heterocycles. The highest BCUT2D eigenvalue weighted by atomic mass is 15.1. The van der Waals surface area contributed by atoms with Crippen LogP contribution in [-0.2, 0) is 19.5 Å². The van der Waals surface area contributed by atoms with Crippen LogP contribution in [0, 0.1) is 19.8 Å². The van der Waals surface area contributed by atoms with E-state index in [0.717, 1.165) is 31.7 Å². The highest BCUT2D eigenvalue weighted by Gasteiger charge is 2.18. The number of aryl methyl sites for hydroxylation is 3. The van der Waals surface area contributed by atoms with Crippen molar-refractivity contribution in [2.75, 3.05) is 6.54 Å². The highest BCUT2D eigenvalue weighted by molar-refractivity contribution is 5.22. The summed E-state index contributed by atoms with van der Waals surface area (Å²) >= 11 is 0. The third-order valence-corrected chi connectivity index (χ3v) is 4.05. The van der Waals surface area contributed by atoms with E-state index < -0.39 is 0 Å². The van der Waals surface area contributed by atoms with Crippen LogP contribution in [0.4, 0.5) is 0 Å². The van der Waals surface area contributed by atoms with E-state index in [1.54, 1.807) is 0 Å². The van der Waals surface area contributed by atoms with Crippen LogP contribution in [0.3, 0.4) is 0 Å². The molecule has 0 saturated carbocycles. The maximum atomic E-state index is 4.37. The van der Waals surface area contributed by atoms with Crippen LogP contribution in [0.2, 0.25) is 0 Å². The third-order valence-electron chi connectivity index (χ3n) is 4.05. The number of H-pyrrole nitrogens is 1. The van der Waals surface area contributed by atoms with Gasteiger partial charge >= 0.3 is 0 Å². The molecule has 0 aromatic carbocycles. The first kappa shape index (κ1) is 12.4. The number of hydrogen-bond acceptors (Lipinski definition) is 3. The van der Waals surface area contributed by atoms with Gasteiger partial charge < -0.3 is 9.88 Å². The van der Waals surface area contributed by atoms with Crippen molar-refractivity contribution in [3.8, 4) is 0 Å². The van der Waals surface area contributed by atoms with E-state index in [4.69, 9.17) is 0 Å². The summed E-state index contributed by atoms with van der Waals surface area (Å²) in [6.07, 6.45) is 6.33. The van der Waals surface area contributed by atoms with E-state index in [2.05, 4.69) is 45.1 Å². The lowest BCUT2D eigenvalue weighted by molar-refractivity contribution is 0.347. The second-order valence-corrected chi connectivity index (χ2v) is 5.44. The lowest BCUT2D eigenvalue weighted by Crippen LogP contribution is -2.29. The minimum atomic E-state index is 0.703. The summed E-state index contributed by atoms with van der Waals surface area (Å²) < 4.78 is 2.28. The van der Waals surface area contributed by atoms with Crippen LogP contribution in [0.1, 0.15) is 29.2 Å². The van der Waals surface area contributed by atoms with E-state index in [9.17, 15) is 0 Å². The molecule has 0 radical (unpaired) electrons. The minimum Gasteiger partial charge on any atom is -0.335 e. The first-order valence-electron chi connectivity index (χ1n) is 6.95. The van der Waals surface area contributed by atoms with Crippen LogP contribution >= 0.6 is 0 Å². The maximum Gasteiger partial charge on any atom is 0.108 e. The lowest BCUT2D eigenvalue weighted by atomic mass is 9.99. The average molecular weight is 259 g/mol. The van der Waals surface area contributed by atoms with Gasteiger partial charge in [0.05, 0.1) is 5.69 Å². The summed E-state index contributed by atoms with van der Waals surface area (Å²) in [6.45, 7) is 7.18. The van der Waals surface area contributed by atoms with Gasteiger partial charge in [-0.25, -0.2) is 4.98 Å². The van der Waals surface area contributed by atoms with Gasteiger partial charge in [0.25, 0.3) is 0 Å². The zero-order valence-electron chi connectivity index (χ0n) is 11.6. The standard InChI is InChI=1S/C14H21N5/c1-10-13(11(2)18-17-10)8-15-7-12-3-4-14-16-5-6-19(14)9-12/h5-6,12,15H,3-4,7-9H2,1-2H3,(H,17,18)/t12-/m1/s1. The topological polar surface area (TPSA) is 58.5 Å². The number of rotatable bonds is 4. The molecule has 1 aliphatic heterocycles. The van der Waals surface area contributed by atoms with Gasteiger partial charge in [0.15, 0.2) is 0 Å². The molecule has 0 saturated heterocycles. The summed E-state index contributed by atoms with van der Waals surface area (Å²) in [7, 11) is 0. The molecule has 0 fully saturated rings. The van der Waals surface area contributed by atoms with Gasteiger partial charge in [-0.1, -0.05) is 0 Å². The molecule has 2 aromatic rings. The zero-order chi connectivity index (χ0) is 13.2. The van der Waals surface area contributed by atoms with Crippen LogP contribution < -0.4 is 5.32 Å². The number of nitrogens with zero attached hydrogens (tertiary/aromatic N) is 3. The average Bonchev–Trinajstić information content (AvgIpc) is 2.99. The summed E-state index contributed by atoms with van der Waals surface area (Å²) in [5, 5.41) is 10.8. The van der Waals surface area contributed by atoms with E-state index in [1.807, 2.05) is 6.20 Å². The van der Waals surface area contributed by atoms with Crippen molar-refractivity contribution < 1.29 is 0 Å². The number of imidazole rings is 1. The van der Waals surface area contributed by atoms with Crippen molar-refractivity contribution in [3.05, 3.63) is 35.2 Å².